The van der Waals surface area contributed by atoms with Crippen molar-refractivity contribution in [1.82, 2.24) is 0 Å². The number of benzene rings is 3. The lowest BCUT2D eigenvalue weighted by Gasteiger charge is -2.23. The number of amides is 2. The molecule has 31 heavy (non-hydrogen) atoms. The number of fused-ring (bicyclic) bond motifs is 1. The van der Waals surface area contributed by atoms with Crippen LogP contribution in [0.1, 0.15) is 18.1 Å². The van der Waals surface area contributed by atoms with Gasteiger partial charge in [-0.25, -0.2) is 0 Å². The van der Waals surface area contributed by atoms with Crippen molar-refractivity contribution >= 4 is 29.3 Å². The molecule has 2 amide bonds. The smallest absolute Gasteiger partial charge is 0.265 e. The topological polar surface area (TPSA) is 76.7 Å². The maximum atomic E-state index is 12.3. The Hall–Kier alpha value is -4.06. The zero-order valence-corrected chi connectivity index (χ0v) is 17.0. The summed E-state index contributed by atoms with van der Waals surface area (Å²) in [4.78, 5) is 24.0. The van der Waals surface area contributed by atoms with Gasteiger partial charge in [0.15, 0.2) is 6.10 Å². The Balaban J connectivity index is 1.32. The third-order valence-corrected chi connectivity index (χ3v) is 4.73. The zero-order valence-electron chi connectivity index (χ0n) is 17.0. The fourth-order valence-electron chi connectivity index (χ4n) is 3.06. The maximum Gasteiger partial charge on any atom is 0.265 e. The average Bonchev–Trinajstić information content (AvgIpc) is 2.79. The van der Waals surface area contributed by atoms with Crippen LogP contribution >= 0.6 is 0 Å². The van der Waals surface area contributed by atoms with Crippen LogP contribution in [0.2, 0.25) is 0 Å². The minimum absolute atomic E-state index is 0.216. The van der Waals surface area contributed by atoms with E-state index in [-0.39, 0.29) is 11.8 Å². The largest absolute Gasteiger partial charge is 0.489 e. The van der Waals surface area contributed by atoms with Crippen LogP contribution in [0.5, 0.6) is 11.5 Å². The fraction of sp³-hybridized carbons (Fsp3) is 0.120. The average molecular weight is 414 g/mol. The standard InChI is InChI=1S/C25H22N2O4/c1-17-25(29)27-22-15-20(10-13-23(22)31-17)26-24(28)14-9-18-7-11-21(12-8-18)30-16-19-5-3-2-4-6-19/h2-15,17H,16H2,1H3,(H,26,28)(H,27,29)/b14-9+. The number of ether oxygens (including phenoxy) is 2. The van der Waals surface area contributed by atoms with Crippen molar-refractivity contribution in [3.8, 4) is 11.5 Å². The first-order valence-electron chi connectivity index (χ1n) is 9.94. The lowest BCUT2D eigenvalue weighted by Crippen LogP contribution is -2.34. The highest BCUT2D eigenvalue weighted by atomic mass is 16.5. The predicted molar refractivity (Wildman–Crippen MR) is 120 cm³/mol. The SMILES string of the molecule is CC1Oc2ccc(NC(=O)/C=C/c3ccc(OCc4ccccc4)cc3)cc2NC1=O. The van der Waals surface area contributed by atoms with E-state index < -0.39 is 6.10 Å². The summed E-state index contributed by atoms with van der Waals surface area (Å²) in [6, 6.07) is 22.6. The summed E-state index contributed by atoms with van der Waals surface area (Å²) >= 11 is 0. The van der Waals surface area contributed by atoms with Crippen LogP contribution in [-0.2, 0) is 16.2 Å². The molecule has 0 spiro atoms. The summed E-state index contributed by atoms with van der Waals surface area (Å²) in [6.07, 6.45) is 2.64. The van der Waals surface area contributed by atoms with Crippen molar-refractivity contribution in [2.45, 2.75) is 19.6 Å². The highest BCUT2D eigenvalue weighted by Gasteiger charge is 2.23. The summed E-state index contributed by atoms with van der Waals surface area (Å²) < 4.78 is 11.3. The summed E-state index contributed by atoms with van der Waals surface area (Å²) in [5.41, 5.74) is 3.08. The Bertz CT molecular complexity index is 1110. The van der Waals surface area contributed by atoms with Crippen LogP contribution in [0, 0.1) is 0 Å². The van der Waals surface area contributed by atoms with Crippen LogP contribution in [-0.4, -0.2) is 17.9 Å². The molecule has 0 aliphatic carbocycles. The van der Waals surface area contributed by atoms with E-state index >= 15 is 0 Å². The maximum absolute atomic E-state index is 12.3. The summed E-state index contributed by atoms with van der Waals surface area (Å²) in [5, 5.41) is 5.54. The van der Waals surface area contributed by atoms with Crippen LogP contribution in [0.3, 0.4) is 0 Å². The minimum atomic E-state index is -0.536. The second kappa shape index (κ2) is 9.17. The molecule has 0 saturated heterocycles. The molecule has 0 radical (unpaired) electrons. The number of rotatable bonds is 6. The Morgan fingerprint density at radius 3 is 2.65 bits per heavy atom. The molecular formula is C25H22N2O4. The first kappa shape index (κ1) is 20.2. The van der Waals surface area contributed by atoms with Gasteiger partial charge in [-0.3, -0.25) is 9.59 Å². The number of hydrogen-bond donors (Lipinski definition) is 2. The highest BCUT2D eigenvalue weighted by Crippen LogP contribution is 2.32. The van der Waals surface area contributed by atoms with E-state index in [4.69, 9.17) is 9.47 Å². The highest BCUT2D eigenvalue weighted by molar-refractivity contribution is 6.03. The van der Waals surface area contributed by atoms with Crippen molar-refractivity contribution in [3.05, 3.63) is 90.0 Å². The number of carbonyl (C=O) groups is 2. The van der Waals surface area contributed by atoms with E-state index in [0.29, 0.717) is 23.7 Å². The summed E-state index contributed by atoms with van der Waals surface area (Å²) in [7, 11) is 0. The molecule has 1 aliphatic heterocycles. The van der Waals surface area contributed by atoms with E-state index in [2.05, 4.69) is 10.6 Å². The Morgan fingerprint density at radius 1 is 1.10 bits per heavy atom. The lowest BCUT2D eigenvalue weighted by molar-refractivity contribution is -0.122. The van der Waals surface area contributed by atoms with Crippen LogP contribution in [0.25, 0.3) is 6.08 Å². The van der Waals surface area contributed by atoms with Crippen LogP contribution < -0.4 is 20.1 Å². The molecule has 1 aliphatic rings. The van der Waals surface area contributed by atoms with E-state index in [9.17, 15) is 9.59 Å². The van der Waals surface area contributed by atoms with E-state index in [1.54, 1.807) is 31.2 Å². The minimum Gasteiger partial charge on any atom is -0.489 e. The molecule has 6 nitrogen and oxygen atoms in total. The zero-order chi connectivity index (χ0) is 21.6. The molecule has 1 unspecified atom stereocenters. The van der Waals surface area contributed by atoms with Gasteiger partial charge in [-0.2, -0.15) is 0 Å². The fourth-order valence-corrected chi connectivity index (χ4v) is 3.06. The molecule has 0 bridgehead atoms. The molecule has 1 heterocycles. The molecule has 3 aromatic rings. The second-order valence-corrected chi connectivity index (χ2v) is 7.13. The molecule has 1 atom stereocenters. The Morgan fingerprint density at radius 2 is 1.87 bits per heavy atom. The van der Waals surface area contributed by atoms with Gasteiger partial charge in [0.1, 0.15) is 18.1 Å². The molecule has 2 N–H and O–H groups in total. The number of nitrogens with one attached hydrogen (secondary N) is 2. The van der Waals surface area contributed by atoms with E-state index in [0.717, 1.165) is 16.9 Å². The van der Waals surface area contributed by atoms with E-state index in [1.165, 1.54) is 6.08 Å². The lowest BCUT2D eigenvalue weighted by atomic mass is 10.2. The van der Waals surface area contributed by atoms with Gasteiger partial charge in [0.2, 0.25) is 5.91 Å². The van der Waals surface area contributed by atoms with Gasteiger partial charge in [0.05, 0.1) is 5.69 Å². The molecule has 0 fully saturated rings. The normalized spacial score (nSPS) is 15.0. The third kappa shape index (κ3) is 5.30. The van der Waals surface area contributed by atoms with Crippen molar-refractivity contribution in [2.75, 3.05) is 10.6 Å². The summed E-state index contributed by atoms with van der Waals surface area (Å²) in [5.74, 6) is 0.848. The molecule has 0 saturated carbocycles. The molecule has 156 valence electrons. The molecular weight excluding hydrogens is 392 g/mol. The van der Waals surface area contributed by atoms with Crippen molar-refractivity contribution in [3.63, 3.8) is 0 Å². The number of anilines is 2. The molecule has 0 aromatic heterocycles. The van der Waals surface area contributed by atoms with Gasteiger partial charge < -0.3 is 20.1 Å². The molecule has 3 aromatic carbocycles. The van der Waals surface area contributed by atoms with Crippen LogP contribution in [0.4, 0.5) is 11.4 Å². The number of hydrogen-bond acceptors (Lipinski definition) is 4. The van der Waals surface area contributed by atoms with Gasteiger partial charge in [0.25, 0.3) is 5.91 Å². The number of carbonyl (C=O) groups excluding carboxylic acids is 2. The van der Waals surface area contributed by atoms with Crippen molar-refractivity contribution in [2.24, 2.45) is 0 Å². The van der Waals surface area contributed by atoms with Gasteiger partial charge >= 0.3 is 0 Å². The van der Waals surface area contributed by atoms with Crippen molar-refractivity contribution in [1.29, 1.82) is 0 Å². The van der Waals surface area contributed by atoms with Gasteiger partial charge in [-0.1, -0.05) is 42.5 Å². The first-order chi connectivity index (χ1) is 15.1. The quantitative estimate of drug-likeness (QED) is 0.576. The molecule has 6 heteroatoms. The van der Waals surface area contributed by atoms with Crippen LogP contribution in [0.15, 0.2) is 78.9 Å². The third-order valence-electron chi connectivity index (χ3n) is 4.73. The Labute approximate surface area is 180 Å². The first-order valence-corrected chi connectivity index (χ1v) is 9.94. The van der Waals surface area contributed by atoms with Gasteiger partial charge in [-0.15, -0.1) is 0 Å². The predicted octanol–water partition coefficient (Wildman–Crippen LogP) is 4.64. The van der Waals surface area contributed by atoms with Gasteiger partial charge in [-0.05, 0) is 54.5 Å². The van der Waals surface area contributed by atoms with Gasteiger partial charge in [0, 0.05) is 11.8 Å². The van der Waals surface area contributed by atoms with Crippen molar-refractivity contribution < 1.29 is 19.1 Å². The monoisotopic (exact) mass is 414 g/mol. The second-order valence-electron chi connectivity index (χ2n) is 7.13. The molecule has 4 rings (SSSR count). The summed E-state index contributed by atoms with van der Waals surface area (Å²) in [6.45, 7) is 2.18. The Kier molecular flexibility index (Phi) is 5.98. The van der Waals surface area contributed by atoms with E-state index in [1.807, 2.05) is 54.6 Å².